The molecule has 0 saturated heterocycles. The lowest BCUT2D eigenvalue weighted by Crippen LogP contribution is -2.27. The lowest BCUT2D eigenvalue weighted by atomic mass is 10.2. The molecule has 0 aliphatic rings. The Balaban J connectivity index is 2.82. The number of anilines is 2. The van der Waals surface area contributed by atoms with Gasteiger partial charge in [-0.3, -0.25) is 10.1 Å². The Morgan fingerprint density at radius 2 is 1.91 bits per heavy atom. The summed E-state index contributed by atoms with van der Waals surface area (Å²) in [5.41, 5.74) is -0.281. The van der Waals surface area contributed by atoms with Crippen molar-refractivity contribution < 1.29 is 18.7 Å². The molecule has 5 nitrogen and oxygen atoms in total. The molecule has 1 atom stereocenters. The molecule has 22 heavy (non-hydrogen) atoms. The van der Waals surface area contributed by atoms with Gasteiger partial charge in [0, 0.05) is 5.69 Å². The summed E-state index contributed by atoms with van der Waals surface area (Å²) >= 11 is 1.35. The fourth-order valence-electron chi connectivity index (χ4n) is 1.46. The Labute approximate surface area is 134 Å². The number of halogens is 1. The van der Waals surface area contributed by atoms with Crippen LogP contribution in [0.2, 0.25) is 0 Å². The highest BCUT2D eigenvalue weighted by molar-refractivity contribution is 7.99. The molecule has 0 saturated carbocycles. The minimum atomic E-state index is -0.645. The van der Waals surface area contributed by atoms with Gasteiger partial charge >= 0.3 is 6.09 Å². The summed E-state index contributed by atoms with van der Waals surface area (Å²) in [6, 6.07) is 3.92. The zero-order valence-corrected chi connectivity index (χ0v) is 14.1. The van der Waals surface area contributed by atoms with Crippen LogP contribution in [0.5, 0.6) is 0 Å². The topological polar surface area (TPSA) is 67.4 Å². The fraction of sp³-hybridized carbons (Fsp3) is 0.467. The Morgan fingerprint density at radius 1 is 1.27 bits per heavy atom. The number of hydrogen-bond acceptors (Lipinski definition) is 4. The molecule has 1 aromatic rings. The zero-order chi connectivity index (χ0) is 16.9. The van der Waals surface area contributed by atoms with Crippen molar-refractivity contribution in [1.82, 2.24) is 0 Å². The highest BCUT2D eigenvalue weighted by Gasteiger charge is 2.17. The van der Waals surface area contributed by atoms with Gasteiger partial charge in [0.1, 0.15) is 11.4 Å². The molecule has 2 N–H and O–H groups in total. The predicted molar refractivity (Wildman–Crippen MR) is 87.9 cm³/mol. The SMILES string of the molecule is CSC(C)C(=O)Nc1cc(NC(=O)OC(C)(C)C)ccc1F. The van der Waals surface area contributed by atoms with E-state index in [2.05, 4.69) is 10.6 Å². The lowest BCUT2D eigenvalue weighted by molar-refractivity contribution is -0.115. The molecule has 0 aromatic heterocycles. The Bertz CT molecular complexity index is 558. The van der Waals surface area contributed by atoms with Crippen molar-refractivity contribution in [1.29, 1.82) is 0 Å². The minimum Gasteiger partial charge on any atom is -0.444 e. The predicted octanol–water partition coefficient (Wildman–Crippen LogP) is 3.86. The van der Waals surface area contributed by atoms with Crippen molar-refractivity contribution in [3.63, 3.8) is 0 Å². The van der Waals surface area contributed by atoms with Crippen molar-refractivity contribution in [3.8, 4) is 0 Å². The van der Waals surface area contributed by atoms with Gasteiger partial charge in [-0.05, 0) is 52.1 Å². The van der Waals surface area contributed by atoms with Crippen molar-refractivity contribution in [2.24, 2.45) is 0 Å². The maximum absolute atomic E-state index is 13.7. The van der Waals surface area contributed by atoms with E-state index >= 15 is 0 Å². The van der Waals surface area contributed by atoms with E-state index in [0.29, 0.717) is 5.69 Å². The molecule has 0 spiro atoms. The summed E-state index contributed by atoms with van der Waals surface area (Å²) in [5.74, 6) is -0.878. The van der Waals surface area contributed by atoms with E-state index in [1.165, 1.54) is 30.0 Å². The van der Waals surface area contributed by atoms with E-state index < -0.39 is 17.5 Å². The third kappa shape index (κ3) is 5.93. The summed E-state index contributed by atoms with van der Waals surface area (Å²) in [6.07, 6.45) is 1.15. The summed E-state index contributed by atoms with van der Waals surface area (Å²) < 4.78 is 18.9. The van der Waals surface area contributed by atoms with Gasteiger partial charge in [-0.1, -0.05) is 0 Å². The van der Waals surface area contributed by atoms with Gasteiger partial charge in [-0.2, -0.15) is 11.8 Å². The first-order valence-corrected chi connectivity index (χ1v) is 8.04. The molecule has 2 amide bonds. The van der Waals surface area contributed by atoms with Crippen molar-refractivity contribution >= 4 is 35.1 Å². The molecule has 7 heteroatoms. The maximum Gasteiger partial charge on any atom is 0.412 e. The van der Waals surface area contributed by atoms with Crippen LogP contribution in [-0.2, 0) is 9.53 Å². The molecular formula is C15H21FN2O3S. The molecule has 0 aliphatic carbocycles. The van der Waals surface area contributed by atoms with Crippen LogP contribution in [0.25, 0.3) is 0 Å². The van der Waals surface area contributed by atoms with E-state index in [4.69, 9.17) is 4.74 Å². The molecule has 1 unspecified atom stereocenters. The van der Waals surface area contributed by atoms with Crippen LogP contribution in [0.4, 0.5) is 20.6 Å². The summed E-state index contributed by atoms with van der Waals surface area (Å²) in [4.78, 5) is 23.5. The second-order valence-electron chi connectivity index (χ2n) is 5.69. The Kier molecular flexibility index (Phi) is 6.22. The van der Waals surface area contributed by atoms with Gasteiger partial charge < -0.3 is 10.1 Å². The summed E-state index contributed by atoms with van der Waals surface area (Å²) in [6.45, 7) is 6.95. The monoisotopic (exact) mass is 328 g/mol. The number of nitrogens with one attached hydrogen (secondary N) is 2. The normalized spacial score (nSPS) is 12.5. The lowest BCUT2D eigenvalue weighted by Gasteiger charge is -2.20. The largest absolute Gasteiger partial charge is 0.444 e. The number of ether oxygens (including phenoxy) is 1. The van der Waals surface area contributed by atoms with E-state index in [0.717, 1.165) is 0 Å². The fourth-order valence-corrected chi connectivity index (χ4v) is 1.73. The first kappa shape index (κ1) is 18.3. The van der Waals surface area contributed by atoms with E-state index in [9.17, 15) is 14.0 Å². The van der Waals surface area contributed by atoms with Crippen LogP contribution in [-0.4, -0.2) is 29.1 Å². The molecule has 0 bridgehead atoms. The van der Waals surface area contributed by atoms with Gasteiger partial charge in [0.2, 0.25) is 5.91 Å². The summed E-state index contributed by atoms with van der Waals surface area (Å²) in [7, 11) is 0. The quantitative estimate of drug-likeness (QED) is 0.880. The molecule has 122 valence electrons. The second kappa shape index (κ2) is 7.49. The maximum atomic E-state index is 13.7. The molecule has 1 rings (SSSR count). The van der Waals surface area contributed by atoms with Gasteiger partial charge in [0.15, 0.2) is 0 Å². The average Bonchev–Trinajstić information content (AvgIpc) is 2.39. The number of benzene rings is 1. The van der Waals surface area contributed by atoms with Crippen LogP contribution in [0.1, 0.15) is 27.7 Å². The van der Waals surface area contributed by atoms with Gasteiger partial charge in [-0.15, -0.1) is 0 Å². The number of carbonyl (C=O) groups excluding carboxylic acids is 2. The second-order valence-corrected chi connectivity index (χ2v) is 6.87. The van der Waals surface area contributed by atoms with Gasteiger partial charge in [0.05, 0.1) is 10.9 Å². The van der Waals surface area contributed by atoms with Crippen LogP contribution in [0.15, 0.2) is 18.2 Å². The van der Waals surface area contributed by atoms with Crippen LogP contribution >= 0.6 is 11.8 Å². The van der Waals surface area contributed by atoms with Crippen LogP contribution < -0.4 is 10.6 Å². The first-order chi connectivity index (χ1) is 10.1. The van der Waals surface area contributed by atoms with Gasteiger partial charge in [0.25, 0.3) is 0 Å². The molecule has 0 heterocycles. The van der Waals surface area contributed by atoms with E-state index in [1.807, 2.05) is 0 Å². The van der Waals surface area contributed by atoms with Crippen molar-refractivity contribution in [2.45, 2.75) is 38.5 Å². The number of rotatable bonds is 4. The van der Waals surface area contributed by atoms with Crippen LogP contribution in [0.3, 0.4) is 0 Å². The number of amides is 2. The molecule has 1 aromatic carbocycles. The molecule has 0 fully saturated rings. The standard InChI is InChI=1S/C15H21FN2O3S/c1-9(22-5)13(19)18-12-8-10(6-7-11(12)16)17-14(20)21-15(2,3)4/h6-9H,1-5H3,(H,17,20)(H,18,19). The molecular weight excluding hydrogens is 307 g/mol. The Morgan fingerprint density at radius 3 is 2.45 bits per heavy atom. The third-order valence-electron chi connectivity index (χ3n) is 2.59. The van der Waals surface area contributed by atoms with Crippen molar-refractivity contribution in [3.05, 3.63) is 24.0 Å². The molecule has 0 radical (unpaired) electrons. The smallest absolute Gasteiger partial charge is 0.412 e. The van der Waals surface area contributed by atoms with Crippen LogP contribution in [0, 0.1) is 5.82 Å². The zero-order valence-electron chi connectivity index (χ0n) is 13.3. The average molecular weight is 328 g/mol. The first-order valence-electron chi connectivity index (χ1n) is 6.75. The summed E-state index contributed by atoms with van der Waals surface area (Å²) in [5, 5.41) is 4.69. The third-order valence-corrected chi connectivity index (χ3v) is 3.51. The number of carbonyl (C=O) groups is 2. The highest BCUT2D eigenvalue weighted by Crippen LogP contribution is 2.21. The van der Waals surface area contributed by atoms with E-state index in [-0.39, 0.29) is 16.8 Å². The molecule has 0 aliphatic heterocycles. The van der Waals surface area contributed by atoms with E-state index in [1.54, 1.807) is 34.0 Å². The highest BCUT2D eigenvalue weighted by atomic mass is 32.2. The Hall–Kier alpha value is -1.76. The number of thioether (sulfide) groups is 1. The van der Waals surface area contributed by atoms with Gasteiger partial charge in [-0.25, -0.2) is 9.18 Å². The van der Waals surface area contributed by atoms with Crippen molar-refractivity contribution in [2.75, 3.05) is 16.9 Å². The number of hydrogen-bond donors (Lipinski definition) is 2. The minimum absolute atomic E-state index is 0.0134.